The van der Waals surface area contributed by atoms with Crippen LogP contribution in [0.4, 0.5) is 0 Å². The Labute approximate surface area is 129 Å². The molecule has 1 aromatic heterocycles. The third-order valence-electron chi connectivity index (χ3n) is 3.07. The average molecular weight is 307 g/mol. The van der Waals surface area contributed by atoms with E-state index >= 15 is 0 Å². The molecule has 21 heavy (non-hydrogen) atoms. The molecule has 0 saturated carbocycles. The molecule has 0 aliphatic carbocycles. The van der Waals surface area contributed by atoms with Crippen molar-refractivity contribution in [3.8, 4) is 5.69 Å². The monoisotopic (exact) mass is 306 g/mol. The average Bonchev–Trinajstić information content (AvgIpc) is 2.86. The van der Waals surface area contributed by atoms with Crippen LogP contribution in [0.25, 0.3) is 5.69 Å². The smallest absolute Gasteiger partial charge is 0.254 e. The Kier molecular flexibility index (Phi) is 5.36. The first-order valence-corrected chi connectivity index (χ1v) is 7.30. The third-order valence-corrected chi connectivity index (χ3v) is 3.32. The highest BCUT2D eigenvalue weighted by molar-refractivity contribution is 6.30. The molecule has 1 aromatic carbocycles. The lowest BCUT2D eigenvalue weighted by molar-refractivity contribution is 0.0953. The van der Waals surface area contributed by atoms with E-state index in [2.05, 4.69) is 15.7 Å². The number of aryl methyl sites for hydroxylation is 1. The minimum absolute atomic E-state index is 0.106. The van der Waals surface area contributed by atoms with Crippen molar-refractivity contribution in [1.82, 2.24) is 20.4 Å². The van der Waals surface area contributed by atoms with Gasteiger partial charge in [-0.3, -0.25) is 4.79 Å². The van der Waals surface area contributed by atoms with Gasteiger partial charge < -0.3 is 10.6 Å². The molecule has 5 nitrogen and oxygen atoms in total. The van der Waals surface area contributed by atoms with E-state index in [1.54, 1.807) is 23.0 Å². The van der Waals surface area contributed by atoms with Crippen LogP contribution in [-0.2, 0) is 0 Å². The van der Waals surface area contributed by atoms with E-state index in [0.29, 0.717) is 22.8 Å². The standard InChI is InChI=1S/C15H19ClN4O/c1-3-17-8-9-18-15(21)14-10-20(19-11(14)2)13-6-4-12(16)5-7-13/h4-7,10,17H,3,8-9H2,1-2H3,(H,18,21). The van der Waals surface area contributed by atoms with Crippen LogP contribution in [0.2, 0.25) is 5.02 Å². The van der Waals surface area contributed by atoms with Crippen molar-refractivity contribution in [3.05, 3.63) is 46.7 Å². The second kappa shape index (κ2) is 7.24. The molecular formula is C15H19ClN4O. The van der Waals surface area contributed by atoms with Crippen molar-refractivity contribution in [2.75, 3.05) is 19.6 Å². The molecule has 0 unspecified atom stereocenters. The Morgan fingerprint density at radius 2 is 2.00 bits per heavy atom. The molecule has 6 heteroatoms. The van der Waals surface area contributed by atoms with Gasteiger partial charge in [-0.2, -0.15) is 5.10 Å². The molecule has 0 aliphatic rings. The molecule has 1 heterocycles. The van der Waals surface area contributed by atoms with Gasteiger partial charge in [0.2, 0.25) is 0 Å². The van der Waals surface area contributed by atoms with E-state index in [0.717, 1.165) is 18.8 Å². The summed E-state index contributed by atoms with van der Waals surface area (Å²) in [5.41, 5.74) is 2.15. The minimum Gasteiger partial charge on any atom is -0.351 e. The number of rotatable bonds is 6. The first-order chi connectivity index (χ1) is 10.1. The molecule has 0 radical (unpaired) electrons. The molecule has 0 aliphatic heterocycles. The number of hydrogen-bond acceptors (Lipinski definition) is 3. The number of aromatic nitrogens is 2. The molecule has 2 aromatic rings. The first kappa shape index (κ1) is 15.5. The summed E-state index contributed by atoms with van der Waals surface area (Å²) in [6.45, 7) is 6.10. The summed E-state index contributed by atoms with van der Waals surface area (Å²) in [5.74, 6) is -0.106. The second-order valence-electron chi connectivity index (χ2n) is 4.66. The van der Waals surface area contributed by atoms with Crippen LogP contribution >= 0.6 is 11.6 Å². The first-order valence-electron chi connectivity index (χ1n) is 6.93. The fourth-order valence-corrected chi connectivity index (χ4v) is 2.07. The van der Waals surface area contributed by atoms with Gasteiger partial charge in [-0.25, -0.2) is 4.68 Å². The third kappa shape index (κ3) is 4.06. The summed E-state index contributed by atoms with van der Waals surface area (Å²) >= 11 is 5.87. The highest BCUT2D eigenvalue weighted by atomic mass is 35.5. The zero-order chi connectivity index (χ0) is 15.2. The van der Waals surface area contributed by atoms with Gasteiger partial charge in [0.05, 0.1) is 16.9 Å². The van der Waals surface area contributed by atoms with Crippen molar-refractivity contribution in [1.29, 1.82) is 0 Å². The highest BCUT2D eigenvalue weighted by Crippen LogP contribution is 2.15. The molecule has 0 spiro atoms. The molecule has 0 fully saturated rings. The van der Waals surface area contributed by atoms with Crippen molar-refractivity contribution in [2.45, 2.75) is 13.8 Å². The SMILES string of the molecule is CCNCCNC(=O)c1cn(-c2ccc(Cl)cc2)nc1C. The van der Waals surface area contributed by atoms with Crippen LogP contribution in [0.5, 0.6) is 0 Å². The van der Waals surface area contributed by atoms with E-state index in [1.807, 2.05) is 26.0 Å². The molecular weight excluding hydrogens is 288 g/mol. The van der Waals surface area contributed by atoms with E-state index in [9.17, 15) is 4.79 Å². The van der Waals surface area contributed by atoms with Crippen molar-refractivity contribution >= 4 is 17.5 Å². The normalized spacial score (nSPS) is 10.6. The summed E-state index contributed by atoms with van der Waals surface area (Å²) in [6, 6.07) is 7.32. The Morgan fingerprint density at radius 1 is 1.29 bits per heavy atom. The fourth-order valence-electron chi connectivity index (χ4n) is 1.95. The predicted molar refractivity (Wildman–Crippen MR) is 84.2 cm³/mol. The maximum absolute atomic E-state index is 12.1. The van der Waals surface area contributed by atoms with E-state index in [-0.39, 0.29) is 5.91 Å². The topological polar surface area (TPSA) is 58.9 Å². The highest BCUT2D eigenvalue weighted by Gasteiger charge is 2.13. The number of carbonyl (C=O) groups is 1. The second-order valence-corrected chi connectivity index (χ2v) is 5.10. The maximum atomic E-state index is 12.1. The van der Waals surface area contributed by atoms with Crippen LogP contribution in [0.15, 0.2) is 30.5 Å². The molecule has 1 amide bonds. The largest absolute Gasteiger partial charge is 0.351 e. The quantitative estimate of drug-likeness (QED) is 0.804. The Morgan fingerprint density at radius 3 is 2.67 bits per heavy atom. The van der Waals surface area contributed by atoms with E-state index in [1.165, 1.54) is 0 Å². The van der Waals surface area contributed by atoms with Gasteiger partial charge in [0.1, 0.15) is 0 Å². The number of amides is 1. The van der Waals surface area contributed by atoms with Gasteiger partial charge in [-0.15, -0.1) is 0 Å². The number of carbonyl (C=O) groups excluding carboxylic acids is 1. The summed E-state index contributed by atoms with van der Waals surface area (Å²) < 4.78 is 1.69. The minimum atomic E-state index is -0.106. The number of benzene rings is 1. The van der Waals surface area contributed by atoms with E-state index < -0.39 is 0 Å². The van der Waals surface area contributed by atoms with Crippen LogP contribution < -0.4 is 10.6 Å². The van der Waals surface area contributed by atoms with Gasteiger partial charge in [-0.05, 0) is 37.7 Å². The zero-order valence-corrected chi connectivity index (χ0v) is 12.9. The van der Waals surface area contributed by atoms with Crippen molar-refractivity contribution in [2.24, 2.45) is 0 Å². The lowest BCUT2D eigenvalue weighted by Gasteiger charge is -2.04. The Hall–Kier alpha value is -1.85. The number of nitrogens with zero attached hydrogens (tertiary/aromatic N) is 2. The maximum Gasteiger partial charge on any atom is 0.254 e. The van der Waals surface area contributed by atoms with Gasteiger partial charge in [0, 0.05) is 24.3 Å². The summed E-state index contributed by atoms with van der Waals surface area (Å²) in [5, 5.41) is 11.1. The number of hydrogen-bond donors (Lipinski definition) is 2. The summed E-state index contributed by atoms with van der Waals surface area (Å²) in [6.07, 6.45) is 1.74. The summed E-state index contributed by atoms with van der Waals surface area (Å²) in [4.78, 5) is 12.1. The lowest BCUT2D eigenvalue weighted by atomic mass is 10.2. The fraction of sp³-hybridized carbons (Fsp3) is 0.333. The van der Waals surface area contributed by atoms with Gasteiger partial charge in [0.15, 0.2) is 0 Å². The van der Waals surface area contributed by atoms with Crippen LogP contribution in [0, 0.1) is 6.92 Å². The number of nitrogens with one attached hydrogen (secondary N) is 2. The number of halogens is 1. The molecule has 0 atom stereocenters. The Bertz CT molecular complexity index is 607. The van der Waals surface area contributed by atoms with E-state index in [4.69, 9.17) is 11.6 Å². The van der Waals surface area contributed by atoms with Crippen LogP contribution in [-0.4, -0.2) is 35.3 Å². The van der Waals surface area contributed by atoms with Crippen LogP contribution in [0.3, 0.4) is 0 Å². The molecule has 112 valence electrons. The summed E-state index contributed by atoms with van der Waals surface area (Å²) in [7, 11) is 0. The zero-order valence-electron chi connectivity index (χ0n) is 12.2. The number of likely N-dealkylation sites (N-methyl/N-ethyl adjacent to an activating group) is 1. The molecule has 2 N–H and O–H groups in total. The molecule has 0 saturated heterocycles. The molecule has 0 bridgehead atoms. The van der Waals surface area contributed by atoms with Crippen molar-refractivity contribution in [3.63, 3.8) is 0 Å². The predicted octanol–water partition coefficient (Wildman–Crippen LogP) is 2.17. The van der Waals surface area contributed by atoms with Crippen LogP contribution in [0.1, 0.15) is 23.0 Å². The van der Waals surface area contributed by atoms with Gasteiger partial charge in [-0.1, -0.05) is 18.5 Å². The lowest BCUT2D eigenvalue weighted by Crippen LogP contribution is -2.31. The van der Waals surface area contributed by atoms with Gasteiger partial charge >= 0.3 is 0 Å². The molecule has 2 rings (SSSR count). The Balaban J connectivity index is 2.08. The van der Waals surface area contributed by atoms with Crippen molar-refractivity contribution < 1.29 is 4.79 Å². The van der Waals surface area contributed by atoms with Gasteiger partial charge in [0.25, 0.3) is 5.91 Å².